The quantitative estimate of drug-likeness (QED) is 0.165. The lowest BCUT2D eigenvalue weighted by molar-refractivity contribution is 1.16. The number of nitrogens with zero attached hydrogens (tertiary/aromatic N) is 4. The van der Waals surface area contributed by atoms with Crippen LogP contribution in [0.2, 0.25) is 0 Å². The first kappa shape index (κ1) is 35.0. The van der Waals surface area contributed by atoms with E-state index in [0.29, 0.717) is 0 Å². The maximum atomic E-state index is 2.43. The zero-order chi connectivity index (χ0) is 41.9. The first-order chi connectivity index (χ1) is 31.8. The molecule has 298 valence electrons. The average Bonchev–Trinajstić information content (AvgIpc) is 4.08. The van der Waals surface area contributed by atoms with Crippen molar-refractivity contribution < 1.29 is 0 Å². The van der Waals surface area contributed by atoms with E-state index in [2.05, 4.69) is 249 Å². The lowest BCUT2D eigenvalue weighted by Gasteiger charge is -2.12. The van der Waals surface area contributed by atoms with Crippen molar-refractivity contribution in [3.63, 3.8) is 0 Å². The maximum absolute atomic E-state index is 2.43. The van der Waals surface area contributed by atoms with Gasteiger partial charge in [0.05, 0.1) is 44.1 Å². The summed E-state index contributed by atoms with van der Waals surface area (Å²) in [6.07, 6.45) is 0. The van der Waals surface area contributed by atoms with Crippen molar-refractivity contribution in [2.24, 2.45) is 0 Å². The van der Waals surface area contributed by atoms with Gasteiger partial charge in [-0.1, -0.05) is 133 Å². The summed E-state index contributed by atoms with van der Waals surface area (Å²) in [4.78, 5) is 0. The van der Waals surface area contributed by atoms with Crippen molar-refractivity contribution >= 4 is 87.2 Å². The highest BCUT2D eigenvalue weighted by atomic mass is 15.0. The van der Waals surface area contributed by atoms with Crippen LogP contribution in [-0.2, 0) is 0 Å². The molecule has 14 rings (SSSR count). The van der Waals surface area contributed by atoms with Crippen molar-refractivity contribution in [2.75, 3.05) is 0 Å². The van der Waals surface area contributed by atoms with Crippen molar-refractivity contribution in [3.05, 3.63) is 231 Å². The van der Waals surface area contributed by atoms with Gasteiger partial charge >= 0.3 is 0 Å². The predicted octanol–water partition coefficient (Wildman–Crippen LogP) is 15.7. The van der Waals surface area contributed by atoms with Gasteiger partial charge in [0.15, 0.2) is 0 Å². The van der Waals surface area contributed by atoms with Gasteiger partial charge in [0.25, 0.3) is 0 Å². The molecule has 0 saturated carbocycles. The number of benzene rings is 10. The highest BCUT2D eigenvalue weighted by Crippen LogP contribution is 2.42. The molecule has 0 aliphatic heterocycles. The SMILES string of the molecule is c1ccc(-n2c3ccccc3c3cc4c5ccccc5n(-c5ccc(-c6ccc(-n7c8ccccc8c8cc9c%10ccccc%10n(-c%10ccccc%10)c9cc87)cc6)cc5)c4cc32)cc1. The van der Waals surface area contributed by atoms with Gasteiger partial charge in [0, 0.05) is 65.8 Å². The lowest BCUT2D eigenvalue weighted by Crippen LogP contribution is -1.96. The summed E-state index contributed by atoms with van der Waals surface area (Å²) >= 11 is 0. The van der Waals surface area contributed by atoms with Gasteiger partial charge in [0.1, 0.15) is 0 Å². The van der Waals surface area contributed by atoms with Gasteiger partial charge in [-0.25, -0.2) is 0 Å². The summed E-state index contributed by atoms with van der Waals surface area (Å²) in [5.74, 6) is 0. The molecule has 0 radical (unpaired) electrons. The Kier molecular flexibility index (Phi) is 7.36. The molecule has 0 saturated heterocycles. The van der Waals surface area contributed by atoms with E-state index in [4.69, 9.17) is 0 Å². The third kappa shape index (κ3) is 4.99. The van der Waals surface area contributed by atoms with E-state index < -0.39 is 0 Å². The smallest absolute Gasteiger partial charge is 0.0562 e. The van der Waals surface area contributed by atoms with Gasteiger partial charge in [-0.2, -0.15) is 0 Å². The summed E-state index contributed by atoms with van der Waals surface area (Å²) in [5, 5.41) is 10.1. The Morgan fingerprint density at radius 3 is 0.719 bits per heavy atom. The molecule has 10 aromatic carbocycles. The molecule has 4 nitrogen and oxygen atoms in total. The molecule has 64 heavy (non-hydrogen) atoms. The fourth-order valence-corrected chi connectivity index (χ4v) is 10.7. The fraction of sp³-hybridized carbons (Fsp3) is 0. The Bertz CT molecular complexity index is 3870. The van der Waals surface area contributed by atoms with Crippen LogP contribution < -0.4 is 0 Å². The van der Waals surface area contributed by atoms with E-state index in [1.165, 1.54) is 98.4 Å². The van der Waals surface area contributed by atoms with Gasteiger partial charge < -0.3 is 18.3 Å². The highest BCUT2D eigenvalue weighted by Gasteiger charge is 2.20. The van der Waals surface area contributed by atoms with Crippen LogP contribution in [-0.4, -0.2) is 18.3 Å². The number of aromatic nitrogens is 4. The van der Waals surface area contributed by atoms with E-state index >= 15 is 0 Å². The molecule has 0 fully saturated rings. The summed E-state index contributed by atoms with van der Waals surface area (Å²) in [6.45, 7) is 0. The Hall–Kier alpha value is -8.60. The Morgan fingerprint density at radius 1 is 0.172 bits per heavy atom. The standard InChI is InChI=1S/C60H38N4/c1-3-15-41(16-4-1)61-53-23-11-7-19-45(53)49-35-51-47-21-9-13-25-55(47)63(59(51)37-57(49)61)43-31-27-39(28-32-43)40-29-33-44(34-30-40)64-56-26-14-10-22-48(56)52-36-50-46-20-8-12-24-54(46)62(58(50)38-60(52)64)42-17-5-2-6-18-42/h1-38H. The fourth-order valence-electron chi connectivity index (χ4n) is 10.7. The zero-order valence-electron chi connectivity index (χ0n) is 34.7. The number of hydrogen-bond donors (Lipinski definition) is 0. The molecule has 0 amide bonds. The normalized spacial score (nSPS) is 12.1. The van der Waals surface area contributed by atoms with Gasteiger partial charge in [0.2, 0.25) is 0 Å². The monoisotopic (exact) mass is 814 g/mol. The van der Waals surface area contributed by atoms with Crippen molar-refractivity contribution in [1.82, 2.24) is 18.3 Å². The second-order valence-electron chi connectivity index (χ2n) is 16.9. The van der Waals surface area contributed by atoms with E-state index in [-0.39, 0.29) is 0 Å². The number of para-hydroxylation sites is 6. The molecular formula is C60H38N4. The summed E-state index contributed by atoms with van der Waals surface area (Å²) in [5.41, 5.74) is 16.6. The van der Waals surface area contributed by atoms with Crippen LogP contribution in [0.25, 0.3) is 121 Å². The van der Waals surface area contributed by atoms with Crippen LogP contribution in [0.5, 0.6) is 0 Å². The molecule has 0 spiro atoms. The predicted molar refractivity (Wildman–Crippen MR) is 269 cm³/mol. The van der Waals surface area contributed by atoms with Crippen molar-refractivity contribution in [1.29, 1.82) is 0 Å². The Morgan fingerprint density at radius 2 is 0.422 bits per heavy atom. The third-order valence-electron chi connectivity index (χ3n) is 13.5. The average molecular weight is 815 g/mol. The van der Waals surface area contributed by atoms with Crippen LogP contribution >= 0.6 is 0 Å². The summed E-state index contributed by atoms with van der Waals surface area (Å²) in [6, 6.07) is 84.4. The van der Waals surface area contributed by atoms with Gasteiger partial charge in [-0.3, -0.25) is 0 Å². The van der Waals surface area contributed by atoms with Crippen LogP contribution in [0.4, 0.5) is 0 Å². The third-order valence-corrected chi connectivity index (χ3v) is 13.5. The second kappa shape index (κ2) is 13.4. The molecule has 4 heteroatoms. The minimum Gasteiger partial charge on any atom is -0.309 e. The van der Waals surface area contributed by atoms with Gasteiger partial charge in [-0.05, 0) is 108 Å². The van der Waals surface area contributed by atoms with Crippen LogP contribution in [0.1, 0.15) is 0 Å². The van der Waals surface area contributed by atoms with E-state index in [1.54, 1.807) is 0 Å². The maximum Gasteiger partial charge on any atom is 0.0562 e. The second-order valence-corrected chi connectivity index (χ2v) is 16.9. The van der Waals surface area contributed by atoms with Crippen LogP contribution in [0.15, 0.2) is 231 Å². The lowest BCUT2D eigenvalue weighted by atomic mass is 10.0. The van der Waals surface area contributed by atoms with E-state index in [9.17, 15) is 0 Å². The molecule has 4 aromatic heterocycles. The molecule has 0 aliphatic rings. The topological polar surface area (TPSA) is 19.7 Å². The van der Waals surface area contributed by atoms with Crippen molar-refractivity contribution in [2.45, 2.75) is 0 Å². The molecule has 0 unspecified atom stereocenters. The number of fused-ring (bicyclic) bond motifs is 12. The number of rotatable bonds is 5. The summed E-state index contributed by atoms with van der Waals surface area (Å²) in [7, 11) is 0. The van der Waals surface area contributed by atoms with Crippen LogP contribution in [0.3, 0.4) is 0 Å². The molecule has 0 N–H and O–H groups in total. The number of hydrogen-bond acceptors (Lipinski definition) is 0. The summed E-state index contributed by atoms with van der Waals surface area (Å²) < 4.78 is 9.67. The van der Waals surface area contributed by atoms with Crippen molar-refractivity contribution in [3.8, 4) is 33.9 Å². The Balaban J connectivity index is 0.890. The van der Waals surface area contributed by atoms with E-state index in [1.807, 2.05) is 0 Å². The molecular weight excluding hydrogens is 777 g/mol. The highest BCUT2D eigenvalue weighted by molar-refractivity contribution is 6.20. The molecule has 0 aliphatic carbocycles. The first-order valence-electron chi connectivity index (χ1n) is 22.0. The first-order valence-corrected chi connectivity index (χ1v) is 22.0. The van der Waals surface area contributed by atoms with E-state index in [0.717, 1.165) is 22.7 Å². The molecule has 14 aromatic rings. The molecule has 4 heterocycles. The molecule has 0 bridgehead atoms. The largest absolute Gasteiger partial charge is 0.309 e. The zero-order valence-corrected chi connectivity index (χ0v) is 34.7. The minimum absolute atomic E-state index is 1.14. The Labute approximate surface area is 368 Å². The minimum atomic E-state index is 1.14. The van der Waals surface area contributed by atoms with Gasteiger partial charge in [-0.15, -0.1) is 0 Å². The molecule has 0 atom stereocenters. The van der Waals surface area contributed by atoms with Crippen LogP contribution in [0, 0.1) is 0 Å².